The van der Waals surface area contributed by atoms with E-state index in [1.165, 1.54) is 0 Å². The average molecular weight is 370 g/mol. The van der Waals surface area contributed by atoms with Crippen LogP contribution in [-0.2, 0) is 4.79 Å². The minimum absolute atomic E-state index is 0.0274. The predicted octanol–water partition coefficient (Wildman–Crippen LogP) is 1.41. The summed E-state index contributed by atoms with van der Waals surface area (Å²) in [4.78, 5) is 20.9. The summed E-state index contributed by atoms with van der Waals surface area (Å²) in [7, 11) is 1.63. The Kier molecular flexibility index (Phi) is 6.87. The molecule has 0 bridgehead atoms. The summed E-state index contributed by atoms with van der Waals surface area (Å²) in [5.41, 5.74) is 0. The molecule has 0 saturated carbocycles. The van der Waals surface area contributed by atoms with Gasteiger partial charge in [-0.1, -0.05) is 6.07 Å². The van der Waals surface area contributed by atoms with Gasteiger partial charge < -0.3 is 19.7 Å². The van der Waals surface area contributed by atoms with Crippen LogP contribution in [0.15, 0.2) is 48.7 Å². The molecule has 144 valence electrons. The Bertz CT molecular complexity index is 701. The second kappa shape index (κ2) is 9.78. The summed E-state index contributed by atoms with van der Waals surface area (Å²) in [6.07, 6.45) is 1.81. The summed E-state index contributed by atoms with van der Waals surface area (Å²) >= 11 is 0. The Labute approximate surface area is 159 Å². The molecular formula is C20H26N4O3. The number of hydrogen-bond donors (Lipinski definition) is 1. The van der Waals surface area contributed by atoms with Gasteiger partial charge in [-0.25, -0.2) is 4.98 Å². The fourth-order valence-corrected chi connectivity index (χ4v) is 2.97. The van der Waals surface area contributed by atoms with Gasteiger partial charge >= 0.3 is 0 Å². The van der Waals surface area contributed by atoms with E-state index in [2.05, 4.69) is 20.1 Å². The van der Waals surface area contributed by atoms with Gasteiger partial charge in [0.25, 0.3) is 0 Å². The number of nitrogens with zero attached hydrogens (tertiary/aromatic N) is 3. The van der Waals surface area contributed by atoms with Crippen molar-refractivity contribution in [2.75, 3.05) is 57.9 Å². The van der Waals surface area contributed by atoms with Crippen LogP contribution in [0.1, 0.15) is 0 Å². The number of pyridine rings is 1. The number of rotatable bonds is 8. The molecule has 0 atom stereocenters. The molecule has 0 radical (unpaired) electrons. The van der Waals surface area contributed by atoms with Crippen LogP contribution in [0.3, 0.4) is 0 Å². The van der Waals surface area contributed by atoms with Crippen molar-refractivity contribution in [2.24, 2.45) is 0 Å². The number of nitrogens with one attached hydrogen (secondary N) is 1. The van der Waals surface area contributed by atoms with Crippen LogP contribution in [0.4, 0.5) is 5.82 Å². The third-order valence-electron chi connectivity index (χ3n) is 4.47. The SMILES string of the molecule is COc1ccc(OCCNC(=O)CN2CCN(c3ccccn3)CC2)cc1. The van der Waals surface area contributed by atoms with Crippen molar-refractivity contribution < 1.29 is 14.3 Å². The second-order valence-corrected chi connectivity index (χ2v) is 6.33. The Balaban J connectivity index is 1.30. The predicted molar refractivity (Wildman–Crippen MR) is 104 cm³/mol. The van der Waals surface area contributed by atoms with Crippen molar-refractivity contribution >= 4 is 11.7 Å². The minimum atomic E-state index is 0.0274. The van der Waals surface area contributed by atoms with E-state index in [0.717, 1.165) is 43.5 Å². The number of hydrogen-bond acceptors (Lipinski definition) is 6. The van der Waals surface area contributed by atoms with Crippen molar-refractivity contribution in [1.82, 2.24) is 15.2 Å². The topological polar surface area (TPSA) is 66.9 Å². The Morgan fingerprint density at radius 3 is 2.48 bits per heavy atom. The molecule has 1 amide bonds. The molecule has 2 aromatic rings. The molecule has 0 unspecified atom stereocenters. The summed E-state index contributed by atoms with van der Waals surface area (Å²) in [6.45, 7) is 4.80. The monoisotopic (exact) mass is 370 g/mol. The molecule has 0 aliphatic carbocycles. The number of carbonyl (C=O) groups is 1. The highest BCUT2D eigenvalue weighted by atomic mass is 16.5. The number of piperazine rings is 1. The van der Waals surface area contributed by atoms with Crippen molar-refractivity contribution in [1.29, 1.82) is 0 Å². The molecule has 7 nitrogen and oxygen atoms in total. The van der Waals surface area contributed by atoms with Gasteiger partial charge in [0.05, 0.1) is 20.2 Å². The van der Waals surface area contributed by atoms with E-state index < -0.39 is 0 Å². The van der Waals surface area contributed by atoms with E-state index in [-0.39, 0.29) is 5.91 Å². The molecule has 1 N–H and O–H groups in total. The third kappa shape index (κ3) is 5.86. The molecule has 27 heavy (non-hydrogen) atoms. The molecule has 1 fully saturated rings. The van der Waals surface area contributed by atoms with Gasteiger partial charge in [0.1, 0.15) is 23.9 Å². The maximum atomic E-state index is 12.1. The molecule has 7 heteroatoms. The van der Waals surface area contributed by atoms with Crippen LogP contribution in [0.2, 0.25) is 0 Å². The standard InChI is InChI=1S/C20H26N4O3/c1-26-17-5-7-18(8-6-17)27-15-10-22-20(25)16-23-11-13-24(14-12-23)19-4-2-3-9-21-19/h2-9H,10-16H2,1H3,(H,22,25). The van der Waals surface area contributed by atoms with Gasteiger partial charge in [-0.05, 0) is 36.4 Å². The first kappa shape index (κ1) is 19.0. The first-order valence-corrected chi connectivity index (χ1v) is 9.16. The molecule has 1 aliphatic rings. The highest BCUT2D eigenvalue weighted by Crippen LogP contribution is 2.16. The normalized spacial score (nSPS) is 14.6. The molecule has 1 aromatic heterocycles. The summed E-state index contributed by atoms with van der Waals surface area (Å²) in [6, 6.07) is 13.3. The summed E-state index contributed by atoms with van der Waals surface area (Å²) in [5.74, 6) is 2.58. The lowest BCUT2D eigenvalue weighted by atomic mass is 10.3. The Morgan fingerprint density at radius 1 is 1.07 bits per heavy atom. The maximum absolute atomic E-state index is 12.1. The molecule has 1 aromatic carbocycles. The fourth-order valence-electron chi connectivity index (χ4n) is 2.97. The average Bonchev–Trinajstić information content (AvgIpc) is 2.73. The van der Waals surface area contributed by atoms with E-state index >= 15 is 0 Å². The number of carbonyl (C=O) groups excluding carboxylic acids is 1. The van der Waals surface area contributed by atoms with Gasteiger partial charge in [0.15, 0.2) is 0 Å². The van der Waals surface area contributed by atoms with Crippen molar-refractivity contribution in [3.63, 3.8) is 0 Å². The van der Waals surface area contributed by atoms with Gasteiger partial charge in [0, 0.05) is 32.4 Å². The van der Waals surface area contributed by atoms with Crippen LogP contribution in [-0.4, -0.2) is 68.8 Å². The lowest BCUT2D eigenvalue weighted by Crippen LogP contribution is -2.50. The molecular weight excluding hydrogens is 344 g/mol. The number of ether oxygens (including phenoxy) is 2. The molecule has 1 saturated heterocycles. The van der Waals surface area contributed by atoms with Gasteiger partial charge in [-0.15, -0.1) is 0 Å². The second-order valence-electron chi connectivity index (χ2n) is 6.33. The number of aromatic nitrogens is 1. The van der Waals surface area contributed by atoms with E-state index in [9.17, 15) is 4.79 Å². The van der Waals surface area contributed by atoms with Crippen LogP contribution >= 0.6 is 0 Å². The molecule has 2 heterocycles. The van der Waals surface area contributed by atoms with Crippen LogP contribution in [0, 0.1) is 0 Å². The maximum Gasteiger partial charge on any atom is 0.234 e. The van der Waals surface area contributed by atoms with Crippen molar-refractivity contribution in [3.8, 4) is 11.5 Å². The largest absolute Gasteiger partial charge is 0.497 e. The Morgan fingerprint density at radius 2 is 1.81 bits per heavy atom. The lowest BCUT2D eigenvalue weighted by molar-refractivity contribution is -0.122. The zero-order chi connectivity index (χ0) is 18.9. The van der Waals surface area contributed by atoms with Gasteiger partial charge in [-0.2, -0.15) is 0 Å². The third-order valence-corrected chi connectivity index (χ3v) is 4.47. The highest BCUT2D eigenvalue weighted by Gasteiger charge is 2.19. The smallest absolute Gasteiger partial charge is 0.234 e. The number of benzene rings is 1. The molecule has 0 spiro atoms. The number of methoxy groups -OCH3 is 1. The zero-order valence-corrected chi connectivity index (χ0v) is 15.6. The van der Waals surface area contributed by atoms with Crippen LogP contribution in [0.25, 0.3) is 0 Å². The summed E-state index contributed by atoms with van der Waals surface area (Å²) < 4.78 is 10.7. The molecule has 1 aliphatic heterocycles. The van der Waals surface area contributed by atoms with E-state index in [4.69, 9.17) is 9.47 Å². The number of anilines is 1. The van der Waals surface area contributed by atoms with Crippen LogP contribution in [0.5, 0.6) is 11.5 Å². The minimum Gasteiger partial charge on any atom is -0.497 e. The van der Waals surface area contributed by atoms with Gasteiger partial charge in [0.2, 0.25) is 5.91 Å². The van der Waals surface area contributed by atoms with E-state index in [0.29, 0.717) is 19.7 Å². The highest BCUT2D eigenvalue weighted by molar-refractivity contribution is 5.78. The summed E-state index contributed by atoms with van der Waals surface area (Å²) in [5, 5.41) is 2.91. The zero-order valence-electron chi connectivity index (χ0n) is 15.6. The quantitative estimate of drug-likeness (QED) is 0.709. The number of amides is 1. The fraction of sp³-hybridized carbons (Fsp3) is 0.400. The van der Waals surface area contributed by atoms with E-state index in [1.54, 1.807) is 7.11 Å². The van der Waals surface area contributed by atoms with Crippen molar-refractivity contribution in [3.05, 3.63) is 48.7 Å². The van der Waals surface area contributed by atoms with E-state index in [1.807, 2.05) is 48.7 Å². The van der Waals surface area contributed by atoms with Crippen LogP contribution < -0.4 is 19.7 Å². The Hall–Kier alpha value is -2.80. The molecule has 3 rings (SSSR count). The first-order valence-electron chi connectivity index (χ1n) is 9.16. The van der Waals surface area contributed by atoms with Crippen molar-refractivity contribution in [2.45, 2.75) is 0 Å². The van der Waals surface area contributed by atoms with Gasteiger partial charge in [-0.3, -0.25) is 9.69 Å². The lowest BCUT2D eigenvalue weighted by Gasteiger charge is -2.34. The first-order chi connectivity index (χ1) is 13.2.